The first-order chi connectivity index (χ1) is 21.8. The molecule has 3 aromatic carbocycles. The molecule has 3 N–H and O–H groups in total. The van der Waals surface area contributed by atoms with E-state index in [0.29, 0.717) is 12.2 Å². The number of hydrogen-bond donors (Lipinski definition) is 3. The number of nitrogens with one attached hydrogen (secondary N) is 2. The fourth-order valence-corrected chi connectivity index (χ4v) is 5.49. The van der Waals surface area contributed by atoms with Crippen molar-refractivity contribution >= 4 is 33.3 Å². The Kier molecular flexibility index (Phi) is 11.2. The molecule has 0 radical (unpaired) electrons. The molecule has 11 heteroatoms. The van der Waals surface area contributed by atoms with E-state index in [1.54, 1.807) is 0 Å². The number of nitrogens with zero attached hydrogens (tertiary/aromatic N) is 3. The first-order valence-electron chi connectivity index (χ1n) is 14.9. The molecule has 0 fully saturated rings. The van der Waals surface area contributed by atoms with Crippen LogP contribution in [0.4, 0.5) is 11.5 Å². The van der Waals surface area contributed by atoms with Crippen LogP contribution in [0, 0.1) is 6.92 Å². The number of aliphatic hydroxyl groups excluding tert-OH is 1. The van der Waals surface area contributed by atoms with Crippen LogP contribution in [0.2, 0.25) is 0 Å². The highest BCUT2D eigenvalue weighted by molar-refractivity contribution is 7.92. The van der Waals surface area contributed by atoms with E-state index in [1.165, 1.54) is 25.2 Å². The highest BCUT2D eigenvalue weighted by Crippen LogP contribution is 2.23. The summed E-state index contributed by atoms with van der Waals surface area (Å²) in [6.07, 6.45) is 0.365. The Labute approximate surface area is 271 Å². The maximum absolute atomic E-state index is 13.8. The zero-order chi connectivity index (χ0) is 33.4. The van der Waals surface area contributed by atoms with Gasteiger partial charge < -0.3 is 20.6 Å². The van der Waals surface area contributed by atoms with Crippen molar-refractivity contribution in [3.8, 4) is 0 Å². The average molecular weight is 644 g/mol. The largest absolute Gasteiger partial charge is 0.389 e. The second kappa shape index (κ2) is 15.0. The normalized spacial score (nSPS) is 13.3. The summed E-state index contributed by atoms with van der Waals surface area (Å²) in [7, 11) is -0.532. The molecule has 1 aromatic heterocycles. The van der Waals surface area contributed by atoms with Crippen molar-refractivity contribution in [2.24, 2.45) is 0 Å². The molecule has 0 unspecified atom stereocenters. The monoisotopic (exact) mass is 643 g/mol. The fourth-order valence-electron chi connectivity index (χ4n) is 5.00. The van der Waals surface area contributed by atoms with Gasteiger partial charge in [-0.3, -0.25) is 13.9 Å². The number of likely N-dealkylation sites (N-methyl/N-ethyl adjacent to an activating group) is 1. The lowest BCUT2D eigenvalue weighted by molar-refractivity contribution is 0.0843. The minimum absolute atomic E-state index is 0.0736. The molecular formula is C35H41N5O5S. The molecule has 4 aromatic rings. The first-order valence-corrected chi connectivity index (χ1v) is 16.8. The smallest absolute Gasteiger partial charge is 0.251 e. The Hall–Kier alpha value is -4.74. The second-order valence-corrected chi connectivity index (χ2v) is 13.5. The standard InChI is InChI=1S/C35H41N5O5S/c1-24-13-12-18-33(36-24)39(3)23-32(41)31(19-26-14-8-6-9-15-26)38-35(43)29-20-28(21-30(22-29)40(4)46(5,44)45)34(42)37-25(2)27-16-10-7-11-17-27/h6-18,20-22,25,31-32,41H,19,23H2,1-5H3,(H,37,42)(H,38,43)/t25-,31+,32-/m1/s1. The molecule has 0 bridgehead atoms. The van der Waals surface area contributed by atoms with E-state index in [2.05, 4.69) is 15.6 Å². The number of pyridine rings is 1. The lowest BCUT2D eigenvalue weighted by atomic mass is 9.99. The highest BCUT2D eigenvalue weighted by Gasteiger charge is 2.26. The number of aromatic nitrogens is 1. The summed E-state index contributed by atoms with van der Waals surface area (Å²) in [5.74, 6) is -0.353. The molecular weight excluding hydrogens is 602 g/mol. The number of aliphatic hydroxyl groups is 1. The maximum atomic E-state index is 13.8. The molecule has 0 aliphatic carbocycles. The Morgan fingerprint density at radius 3 is 2.02 bits per heavy atom. The van der Waals surface area contributed by atoms with Gasteiger partial charge in [-0.15, -0.1) is 0 Å². The van der Waals surface area contributed by atoms with Crippen molar-refractivity contribution in [1.82, 2.24) is 15.6 Å². The molecule has 0 saturated carbocycles. The molecule has 3 atom stereocenters. The average Bonchev–Trinajstić information content (AvgIpc) is 3.04. The minimum atomic E-state index is -3.71. The van der Waals surface area contributed by atoms with E-state index in [-0.39, 0.29) is 29.4 Å². The van der Waals surface area contributed by atoms with Crippen LogP contribution in [0.15, 0.2) is 97.1 Å². The van der Waals surface area contributed by atoms with Crippen molar-refractivity contribution in [2.75, 3.05) is 36.1 Å². The van der Waals surface area contributed by atoms with Crippen LogP contribution in [0.5, 0.6) is 0 Å². The summed E-state index contributed by atoms with van der Waals surface area (Å²) in [6, 6.07) is 27.7. The molecule has 0 aliphatic heterocycles. The summed E-state index contributed by atoms with van der Waals surface area (Å²) in [5.41, 5.74) is 2.98. The molecule has 1 heterocycles. The Morgan fingerprint density at radius 2 is 1.43 bits per heavy atom. The van der Waals surface area contributed by atoms with Gasteiger partial charge in [0.2, 0.25) is 10.0 Å². The molecule has 0 saturated heterocycles. The van der Waals surface area contributed by atoms with Gasteiger partial charge in [-0.25, -0.2) is 13.4 Å². The van der Waals surface area contributed by atoms with Crippen LogP contribution < -0.4 is 19.8 Å². The van der Waals surface area contributed by atoms with Crippen molar-refractivity contribution in [3.05, 3.63) is 125 Å². The summed E-state index contributed by atoms with van der Waals surface area (Å²) in [6.45, 7) is 3.90. The number of amides is 2. The van der Waals surface area contributed by atoms with Gasteiger partial charge >= 0.3 is 0 Å². The second-order valence-electron chi connectivity index (χ2n) is 11.5. The topological polar surface area (TPSA) is 132 Å². The van der Waals surface area contributed by atoms with Gasteiger partial charge in [0.05, 0.1) is 30.1 Å². The van der Waals surface area contributed by atoms with Crippen molar-refractivity contribution in [3.63, 3.8) is 0 Å². The number of hydrogen-bond acceptors (Lipinski definition) is 7. The first kappa shape index (κ1) is 34.1. The number of rotatable bonds is 13. The molecule has 2 amide bonds. The maximum Gasteiger partial charge on any atom is 0.251 e. The van der Waals surface area contributed by atoms with Crippen LogP contribution in [0.1, 0.15) is 50.5 Å². The van der Waals surface area contributed by atoms with E-state index < -0.39 is 34.0 Å². The number of carbonyl (C=O) groups excluding carboxylic acids is 2. The van der Waals surface area contributed by atoms with Crippen LogP contribution in [0.3, 0.4) is 0 Å². The van der Waals surface area contributed by atoms with E-state index >= 15 is 0 Å². The minimum Gasteiger partial charge on any atom is -0.389 e. The molecule has 242 valence electrons. The van der Waals surface area contributed by atoms with Gasteiger partial charge in [-0.1, -0.05) is 66.7 Å². The van der Waals surface area contributed by atoms with E-state index in [0.717, 1.165) is 27.4 Å². The van der Waals surface area contributed by atoms with Gasteiger partial charge in [0.1, 0.15) is 5.82 Å². The predicted octanol–water partition coefficient (Wildman–Crippen LogP) is 4.12. The Bertz CT molecular complexity index is 1750. The van der Waals surface area contributed by atoms with E-state index in [4.69, 9.17) is 0 Å². The number of aryl methyl sites for hydroxylation is 1. The van der Waals surface area contributed by atoms with Crippen LogP contribution >= 0.6 is 0 Å². The molecule has 46 heavy (non-hydrogen) atoms. The number of anilines is 2. The summed E-state index contributed by atoms with van der Waals surface area (Å²) in [5, 5.41) is 17.3. The van der Waals surface area contributed by atoms with Gasteiger partial charge in [-0.2, -0.15) is 0 Å². The van der Waals surface area contributed by atoms with Crippen LogP contribution in [-0.2, 0) is 16.4 Å². The van der Waals surface area contributed by atoms with Crippen LogP contribution in [0.25, 0.3) is 0 Å². The molecule has 0 aliphatic rings. The number of benzene rings is 3. The Balaban J connectivity index is 1.64. The van der Waals surface area contributed by atoms with Crippen molar-refractivity contribution < 1.29 is 23.1 Å². The molecule has 10 nitrogen and oxygen atoms in total. The SMILES string of the molecule is Cc1cccc(N(C)C[C@@H](O)[C@H](Cc2ccccc2)NC(=O)c2cc(C(=O)N[C@H](C)c3ccccc3)cc(N(C)S(C)(=O)=O)c2)n1. The molecule has 0 spiro atoms. The summed E-state index contributed by atoms with van der Waals surface area (Å²) < 4.78 is 25.9. The third-order valence-corrected chi connectivity index (χ3v) is 8.96. The summed E-state index contributed by atoms with van der Waals surface area (Å²) in [4.78, 5) is 33.6. The van der Waals surface area contributed by atoms with Gasteiger partial charge in [-0.05, 0) is 61.7 Å². The van der Waals surface area contributed by atoms with Gasteiger partial charge in [0.15, 0.2) is 0 Å². The van der Waals surface area contributed by atoms with Crippen molar-refractivity contribution in [1.29, 1.82) is 0 Å². The Morgan fingerprint density at radius 1 is 0.848 bits per heavy atom. The van der Waals surface area contributed by atoms with Gasteiger partial charge in [0.25, 0.3) is 11.8 Å². The third-order valence-electron chi connectivity index (χ3n) is 7.76. The third kappa shape index (κ3) is 9.15. The zero-order valence-corrected chi connectivity index (χ0v) is 27.5. The number of carbonyl (C=O) groups is 2. The van der Waals surface area contributed by atoms with Crippen molar-refractivity contribution in [2.45, 2.75) is 38.5 Å². The lowest BCUT2D eigenvalue weighted by Gasteiger charge is -2.29. The number of sulfonamides is 1. The summed E-state index contributed by atoms with van der Waals surface area (Å²) >= 11 is 0. The molecule has 4 rings (SSSR count). The lowest BCUT2D eigenvalue weighted by Crippen LogP contribution is -2.49. The quantitative estimate of drug-likeness (QED) is 0.200. The van der Waals surface area contributed by atoms with Crippen LogP contribution in [-0.4, -0.2) is 69.4 Å². The highest BCUT2D eigenvalue weighted by atomic mass is 32.2. The van der Waals surface area contributed by atoms with E-state index in [9.17, 15) is 23.1 Å². The predicted molar refractivity (Wildman–Crippen MR) is 182 cm³/mol. The van der Waals surface area contributed by atoms with Gasteiger partial charge in [0, 0.05) is 37.5 Å². The van der Waals surface area contributed by atoms with E-state index in [1.807, 2.05) is 105 Å². The fraction of sp³-hybridized carbons (Fsp3) is 0.286. The zero-order valence-electron chi connectivity index (χ0n) is 26.7.